The van der Waals surface area contributed by atoms with Crippen molar-refractivity contribution in [1.29, 1.82) is 0 Å². The topological polar surface area (TPSA) is 29.3 Å². The Labute approximate surface area is 386 Å². The molecule has 0 aliphatic rings. The van der Waals surface area contributed by atoms with E-state index in [1.807, 2.05) is 6.07 Å². The summed E-state index contributed by atoms with van der Waals surface area (Å²) in [5.74, 6) is 0.202. The summed E-state index contributed by atoms with van der Waals surface area (Å²) < 4.78 is 7.46. The van der Waals surface area contributed by atoms with E-state index in [0.29, 0.717) is 0 Å². The lowest BCUT2D eigenvalue weighted by atomic mass is 9.83. The molecule has 0 N–H and O–H groups in total. The molecule has 1 atom stereocenters. The summed E-state index contributed by atoms with van der Waals surface area (Å²) in [6, 6.07) is 81.9. The molecular weight excluding hydrogens is 821 g/mol. The third-order valence-electron chi connectivity index (χ3n) is 13.5. The molecule has 0 fully saturated rings. The lowest BCUT2D eigenvalue weighted by molar-refractivity contribution is 0.668. The van der Waals surface area contributed by atoms with Crippen LogP contribution in [0.25, 0.3) is 85.8 Å². The Bertz CT molecular complexity index is 3930. The number of thiazole rings is 1. The Hall–Kier alpha value is -8.05. The lowest BCUT2D eigenvalue weighted by Crippen LogP contribution is -2.10. The lowest BCUT2D eigenvalue weighted by Gasteiger charge is -2.27. The summed E-state index contributed by atoms with van der Waals surface area (Å²) in [7, 11) is 0. The van der Waals surface area contributed by atoms with Crippen molar-refractivity contribution < 1.29 is 4.42 Å². The first kappa shape index (κ1) is 38.4. The maximum Gasteiger partial charge on any atom is 0.135 e. The predicted molar refractivity (Wildman–Crippen MR) is 280 cm³/mol. The van der Waals surface area contributed by atoms with Crippen LogP contribution in [0.3, 0.4) is 0 Å². The number of para-hydroxylation sites is 2. The molecule has 0 saturated heterocycles. The number of hydrogen-bond acceptors (Lipinski definition) is 4. The molecule has 2 aromatic heterocycles. The number of benzene rings is 11. The second-order valence-electron chi connectivity index (χ2n) is 17.4. The third kappa shape index (κ3) is 6.69. The Morgan fingerprint density at radius 3 is 1.97 bits per heavy atom. The standard InChI is InChI=1S/C62H42N2OS/c1-3-15-49-41(11-1)13-9-18-54(49)52(46-29-36-60-56(39-46)55-17-5-7-21-59(55)65-60)34-24-40-23-33-50-44(37-40)25-26-45-38-48(32-35-51(45)50)64(58-20-10-14-42-12-2-4-16-53(42)58)47-30-27-43(28-31-47)62-63-57-19-6-8-22-61(57)66-62/h1-23,25-33,35-39,52H,24,34H2. The molecule has 66 heavy (non-hydrogen) atoms. The monoisotopic (exact) mass is 862 g/mol. The maximum absolute atomic E-state index is 6.26. The van der Waals surface area contributed by atoms with Crippen molar-refractivity contribution in [1.82, 2.24) is 4.98 Å². The van der Waals surface area contributed by atoms with Crippen LogP contribution in [0.4, 0.5) is 17.1 Å². The Morgan fingerprint density at radius 1 is 0.455 bits per heavy atom. The molecule has 0 saturated carbocycles. The average Bonchev–Trinajstić information content (AvgIpc) is 3.99. The minimum atomic E-state index is 0.202. The highest BCUT2D eigenvalue weighted by molar-refractivity contribution is 7.21. The normalized spacial score (nSPS) is 12.3. The molecular formula is C62H42N2OS. The Kier molecular flexibility index (Phi) is 9.24. The summed E-state index contributed by atoms with van der Waals surface area (Å²) >= 11 is 1.74. The quantitative estimate of drug-likeness (QED) is 0.135. The summed E-state index contributed by atoms with van der Waals surface area (Å²) in [6.45, 7) is 0. The third-order valence-corrected chi connectivity index (χ3v) is 14.6. The highest BCUT2D eigenvalue weighted by Gasteiger charge is 2.21. The van der Waals surface area contributed by atoms with Crippen molar-refractivity contribution >= 4 is 104 Å². The Morgan fingerprint density at radius 2 is 1.12 bits per heavy atom. The second kappa shape index (κ2) is 15.9. The van der Waals surface area contributed by atoms with Crippen LogP contribution in [0.2, 0.25) is 0 Å². The van der Waals surface area contributed by atoms with Crippen LogP contribution in [-0.2, 0) is 6.42 Å². The average molecular weight is 863 g/mol. The fraction of sp³-hybridized carbons (Fsp3) is 0.0484. The first-order valence-corrected chi connectivity index (χ1v) is 23.6. The molecule has 0 bridgehead atoms. The summed E-state index contributed by atoms with van der Waals surface area (Å²) in [4.78, 5) is 7.35. The van der Waals surface area contributed by atoms with Gasteiger partial charge in [0.15, 0.2) is 0 Å². The number of rotatable bonds is 9. The molecule has 0 spiro atoms. The van der Waals surface area contributed by atoms with Gasteiger partial charge in [-0.3, -0.25) is 0 Å². The van der Waals surface area contributed by atoms with Gasteiger partial charge in [-0.2, -0.15) is 0 Å². The van der Waals surface area contributed by atoms with Gasteiger partial charge in [0, 0.05) is 39.0 Å². The van der Waals surface area contributed by atoms with E-state index < -0.39 is 0 Å². The van der Waals surface area contributed by atoms with Gasteiger partial charge in [0.25, 0.3) is 0 Å². The van der Waals surface area contributed by atoms with Crippen LogP contribution < -0.4 is 4.90 Å². The van der Waals surface area contributed by atoms with Crippen molar-refractivity contribution in [3.63, 3.8) is 0 Å². The highest BCUT2D eigenvalue weighted by atomic mass is 32.1. The van der Waals surface area contributed by atoms with Crippen LogP contribution in [0, 0.1) is 0 Å². The molecule has 312 valence electrons. The van der Waals surface area contributed by atoms with Gasteiger partial charge in [-0.05, 0) is 140 Å². The van der Waals surface area contributed by atoms with Gasteiger partial charge >= 0.3 is 0 Å². The SMILES string of the molecule is c1ccc2c(C(CCc3ccc4c(ccc5cc(N(c6ccc(-c7nc8ccccc8s7)cc6)c6cccc7ccccc67)ccc54)c3)c3ccc4oc5ccccc5c4c3)cccc2c1. The van der Waals surface area contributed by atoms with Gasteiger partial charge in [-0.15, -0.1) is 11.3 Å². The largest absolute Gasteiger partial charge is 0.456 e. The number of furan rings is 1. The summed E-state index contributed by atoms with van der Waals surface area (Å²) in [5, 5.41) is 13.4. The van der Waals surface area contributed by atoms with E-state index in [4.69, 9.17) is 9.40 Å². The minimum Gasteiger partial charge on any atom is -0.456 e. The molecule has 0 aliphatic carbocycles. The van der Waals surface area contributed by atoms with Crippen LogP contribution in [-0.4, -0.2) is 4.98 Å². The molecule has 1 unspecified atom stereocenters. The van der Waals surface area contributed by atoms with Crippen LogP contribution in [0.1, 0.15) is 29.0 Å². The zero-order valence-corrected chi connectivity index (χ0v) is 36.9. The van der Waals surface area contributed by atoms with Crippen LogP contribution in [0.15, 0.2) is 229 Å². The van der Waals surface area contributed by atoms with E-state index in [1.165, 1.54) is 69.9 Å². The van der Waals surface area contributed by atoms with E-state index >= 15 is 0 Å². The second-order valence-corrected chi connectivity index (χ2v) is 18.4. The number of hydrogen-bond donors (Lipinski definition) is 0. The molecule has 2 heterocycles. The molecule has 4 heteroatoms. The number of nitrogens with zero attached hydrogens (tertiary/aromatic N) is 2. The Balaban J connectivity index is 0.851. The molecule has 0 amide bonds. The molecule has 11 aromatic carbocycles. The van der Waals surface area contributed by atoms with Crippen LogP contribution >= 0.6 is 11.3 Å². The number of aromatic nitrogens is 1. The first-order chi connectivity index (χ1) is 32.7. The van der Waals surface area contributed by atoms with E-state index in [2.05, 4.69) is 223 Å². The van der Waals surface area contributed by atoms with Crippen molar-refractivity contribution in [3.05, 3.63) is 241 Å². The summed E-state index contributed by atoms with van der Waals surface area (Å²) in [5.41, 5.74) is 11.4. The van der Waals surface area contributed by atoms with E-state index in [-0.39, 0.29) is 5.92 Å². The van der Waals surface area contributed by atoms with Gasteiger partial charge in [0.05, 0.1) is 15.9 Å². The van der Waals surface area contributed by atoms with Gasteiger partial charge in [0.2, 0.25) is 0 Å². The zero-order valence-electron chi connectivity index (χ0n) is 36.1. The predicted octanol–water partition coefficient (Wildman–Crippen LogP) is 17.7. The van der Waals surface area contributed by atoms with Gasteiger partial charge in [0.1, 0.15) is 16.2 Å². The fourth-order valence-corrected chi connectivity index (χ4v) is 11.3. The molecule has 13 aromatic rings. The van der Waals surface area contributed by atoms with Crippen LogP contribution in [0.5, 0.6) is 0 Å². The molecule has 0 aliphatic heterocycles. The minimum absolute atomic E-state index is 0.202. The highest BCUT2D eigenvalue weighted by Crippen LogP contribution is 2.43. The van der Waals surface area contributed by atoms with Crippen molar-refractivity contribution in [3.8, 4) is 10.6 Å². The molecule has 0 radical (unpaired) electrons. The van der Waals surface area contributed by atoms with Crippen molar-refractivity contribution in [2.45, 2.75) is 18.8 Å². The van der Waals surface area contributed by atoms with E-state index in [9.17, 15) is 0 Å². The van der Waals surface area contributed by atoms with E-state index in [1.54, 1.807) is 11.3 Å². The first-order valence-electron chi connectivity index (χ1n) is 22.8. The van der Waals surface area contributed by atoms with Gasteiger partial charge < -0.3 is 9.32 Å². The van der Waals surface area contributed by atoms with Crippen molar-refractivity contribution in [2.24, 2.45) is 0 Å². The van der Waals surface area contributed by atoms with E-state index in [0.717, 1.165) is 62.5 Å². The van der Waals surface area contributed by atoms with Crippen molar-refractivity contribution in [2.75, 3.05) is 4.90 Å². The molecule has 13 rings (SSSR count). The summed E-state index contributed by atoms with van der Waals surface area (Å²) in [6.07, 6.45) is 1.92. The molecule has 3 nitrogen and oxygen atoms in total. The van der Waals surface area contributed by atoms with Gasteiger partial charge in [-0.25, -0.2) is 4.98 Å². The zero-order chi connectivity index (χ0) is 43.6. The number of aryl methyl sites for hydroxylation is 1. The fourth-order valence-electron chi connectivity index (χ4n) is 10.3. The smallest absolute Gasteiger partial charge is 0.135 e. The maximum atomic E-state index is 6.26. The van der Waals surface area contributed by atoms with Gasteiger partial charge in [-0.1, -0.05) is 152 Å². The number of anilines is 3. The number of fused-ring (bicyclic) bond motifs is 9.